The molecule has 0 unspecified atom stereocenters. The summed E-state index contributed by atoms with van der Waals surface area (Å²) >= 11 is 1.06. The van der Waals surface area contributed by atoms with Gasteiger partial charge in [0.1, 0.15) is 21.5 Å². The Morgan fingerprint density at radius 3 is 2.25 bits per heavy atom. The molecule has 188 valence electrons. The number of carbonyl (C=O) groups is 3. The van der Waals surface area contributed by atoms with Gasteiger partial charge in [0.15, 0.2) is 5.78 Å². The molecule has 0 spiro atoms. The smallest absolute Gasteiger partial charge is 0.240 e. The SMILES string of the molecule is CC(C)(NC(=O)[C@]1(C)CCCN1)C(=O)Cc1nc(-c2ccc(F)cc2)c(C(=O)c2ccc(F)cc2)s1. The van der Waals surface area contributed by atoms with Crippen LogP contribution in [0.3, 0.4) is 0 Å². The number of ketones is 2. The Kier molecular flexibility index (Phi) is 7.15. The normalized spacial score (nSPS) is 17.7. The molecule has 0 aliphatic carbocycles. The van der Waals surface area contributed by atoms with Crippen LogP contribution in [0.1, 0.15) is 53.9 Å². The number of thiazole rings is 1. The predicted octanol–water partition coefficient (Wildman–Crippen LogP) is 4.47. The Labute approximate surface area is 212 Å². The van der Waals surface area contributed by atoms with Gasteiger partial charge in [-0.25, -0.2) is 13.8 Å². The Morgan fingerprint density at radius 2 is 1.67 bits per heavy atom. The molecule has 2 heterocycles. The third-order valence-electron chi connectivity index (χ3n) is 6.41. The lowest BCUT2D eigenvalue weighted by Crippen LogP contribution is -2.59. The molecule has 9 heteroatoms. The average Bonchev–Trinajstić information content (AvgIpc) is 3.47. The molecule has 2 aromatic carbocycles. The summed E-state index contributed by atoms with van der Waals surface area (Å²) in [5, 5.41) is 6.43. The second kappa shape index (κ2) is 9.99. The first-order valence-electron chi connectivity index (χ1n) is 11.7. The lowest BCUT2D eigenvalue weighted by Gasteiger charge is -2.31. The summed E-state index contributed by atoms with van der Waals surface area (Å²) in [4.78, 5) is 44.1. The Hall–Kier alpha value is -3.30. The fourth-order valence-corrected chi connectivity index (χ4v) is 5.11. The number of nitrogens with zero attached hydrogens (tertiary/aromatic N) is 1. The molecule has 0 radical (unpaired) electrons. The zero-order valence-electron chi connectivity index (χ0n) is 20.3. The minimum Gasteiger partial charge on any atom is -0.343 e. The molecule has 1 aromatic heterocycles. The summed E-state index contributed by atoms with van der Waals surface area (Å²) < 4.78 is 26.9. The first kappa shape index (κ1) is 25.8. The van der Waals surface area contributed by atoms with Crippen LogP contribution in [-0.2, 0) is 16.0 Å². The van der Waals surface area contributed by atoms with E-state index < -0.39 is 22.7 Å². The van der Waals surface area contributed by atoms with Gasteiger partial charge < -0.3 is 10.6 Å². The molecular formula is C27H27F2N3O3S. The van der Waals surface area contributed by atoms with Crippen LogP contribution in [-0.4, -0.2) is 40.1 Å². The van der Waals surface area contributed by atoms with Crippen LogP contribution in [0.2, 0.25) is 0 Å². The number of hydrogen-bond acceptors (Lipinski definition) is 6. The molecule has 4 rings (SSSR count). The van der Waals surface area contributed by atoms with E-state index in [1.165, 1.54) is 48.5 Å². The van der Waals surface area contributed by atoms with E-state index in [1.54, 1.807) is 13.8 Å². The third-order valence-corrected chi connectivity index (χ3v) is 7.46. The maximum Gasteiger partial charge on any atom is 0.240 e. The average molecular weight is 512 g/mol. The van der Waals surface area contributed by atoms with Crippen LogP contribution in [0.5, 0.6) is 0 Å². The number of halogens is 2. The van der Waals surface area contributed by atoms with Gasteiger partial charge in [0.2, 0.25) is 11.7 Å². The van der Waals surface area contributed by atoms with Crippen LogP contribution in [0.4, 0.5) is 8.78 Å². The number of aromatic nitrogens is 1. The molecular weight excluding hydrogens is 484 g/mol. The largest absolute Gasteiger partial charge is 0.343 e. The maximum absolute atomic E-state index is 13.5. The van der Waals surface area contributed by atoms with Crippen molar-refractivity contribution in [2.45, 2.75) is 51.1 Å². The monoisotopic (exact) mass is 511 g/mol. The Morgan fingerprint density at radius 1 is 1.06 bits per heavy atom. The number of amides is 1. The summed E-state index contributed by atoms with van der Waals surface area (Å²) in [5.74, 6) is -1.78. The van der Waals surface area contributed by atoms with Gasteiger partial charge in [-0.2, -0.15) is 0 Å². The summed E-state index contributed by atoms with van der Waals surface area (Å²) in [6.45, 7) is 5.85. The number of rotatable bonds is 8. The van der Waals surface area contributed by atoms with E-state index in [-0.39, 0.29) is 34.3 Å². The number of benzene rings is 2. The van der Waals surface area contributed by atoms with Gasteiger partial charge in [0.05, 0.1) is 23.2 Å². The van der Waals surface area contributed by atoms with Gasteiger partial charge in [-0.3, -0.25) is 14.4 Å². The van der Waals surface area contributed by atoms with Crippen molar-refractivity contribution >= 4 is 28.8 Å². The molecule has 1 saturated heterocycles. The summed E-state index contributed by atoms with van der Waals surface area (Å²) in [6.07, 6.45) is 1.47. The summed E-state index contributed by atoms with van der Waals surface area (Å²) in [7, 11) is 0. The number of carbonyl (C=O) groups excluding carboxylic acids is 3. The van der Waals surface area contributed by atoms with Crippen LogP contribution < -0.4 is 10.6 Å². The molecule has 6 nitrogen and oxygen atoms in total. The molecule has 1 aliphatic heterocycles. The van der Waals surface area contributed by atoms with E-state index in [1.807, 2.05) is 6.92 Å². The van der Waals surface area contributed by atoms with Gasteiger partial charge in [-0.15, -0.1) is 11.3 Å². The quantitative estimate of drug-likeness (QED) is 0.436. The summed E-state index contributed by atoms with van der Waals surface area (Å²) in [6, 6.07) is 10.7. The number of Topliss-reactive ketones (excluding diaryl/α,β-unsaturated/α-hetero) is 1. The molecule has 1 atom stereocenters. The van der Waals surface area contributed by atoms with Crippen molar-refractivity contribution in [3.63, 3.8) is 0 Å². The summed E-state index contributed by atoms with van der Waals surface area (Å²) in [5.41, 5.74) is -0.770. The molecule has 1 aliphatic rings. The highest BCUT2D eigenvalue weighted by Gasteiger charge is 2.40. The van der Waals surface area contributed by atoms with E-state index in [0.717, 1.165) is 24.3 Å². The van der Waals surface area contributed by atoms with Crippen LogP contribution >= 0.6 is 11.3 Å². The number of nitrogens with one attached hydrogen (secondary N) is 2. The Balaban J connectivity index is 1.61. The standard InChI is InChI=1S/C27H27F2N3O3S/c1-26(2,32-25(35)27(3)13-4-14-30-27)20(33)15-21-31-22(16-5-9-18(28)10-6-16)24(36-21)23(34)17-7-11-19(29)12-8-17/h5-12,30H,4,13-15H2,1-3H3,(H,32,35)/t27-/m0/s1. The van der Waals surface area contributed by atoms with E-state index >= 15 is 0 Å². The van der Waals surface area contributed by atoms with Crippen LogP contribution in [0.15, 0.2) is 48.5 Å². The minimum atomic E-state index is -1.16. The fourth-order valence-electron chi connectivity index (χ4n) is 4.07. The first-order valence-corrected chi connectivity index (χ1v) is 12.5. The fraction of sp³-hybridized carbons (Fsp3) is 0.333. The zero-order valence-corrected chi connectivity index (χ0v) is 21.1. The van der Waals surface area contributed by atoms with Gasteiger partial charge in [0, 0.05) is 11.1 Å². The first-order chi connectivity index (χ1) is 17.0. The molecule has 1 amide bonds. The molecule has 0 saturated carbocycles. The van der Waals surface area contributed by atoms with Crippen LogP contribution in [0, 0.1) is 11.6 Å². The van der Waals surface area contributed by atoms with Crippen molar-refractivity contribution in [3.8, 4) is 11.3 Å². The van der Waals surface area contributed by atoms with Crippen molar-refractivity contribution in [1.82, 2.24) is 15.6 Å². The Bertz CT molecular complexity index is 1290. The van der Waals surface area contributed by atoms with Gasteiger partial charge in [-0.1, -0.05) is 0 Å². The van der Waals surface area contributed by atoms with Crippen molar-refractivity contribution in [3.05, 3.63) is 75.6 Å². The van der Waals surface area contributed by atoms with Crippen molar-refractivity contribution in [2.75, 3.05) is 6.54 Å². The van der Waals surface area contributed by atoms with E-state index in [2.05, 4.69) is 15.6 Å². The highest BCUT2D eigenvalue weighted by atomic mass is 32.1. The highest BCUT2D eigenvalue weighted by molar-refractivity contribution is 7.14. The second-order valence-corrected chi connectivity index (χ2v) is 10.8. The lowest BCUT2D eigenvalue weighted by atomic mass is 9.93. The molecule has 2 N–H and O–H groups in total. The van der Waals surface area contributed by atoms with Crippen molar-refractivity contribution < 1.29 is 23.2 Å². The topological polar surface area (TPSA) is 88.2 Å². The minimum absolute atomic E-state index is 0.104. The van der Waals surface area contributed by atoms with Crippen molar-refractivity contribution in [1.29, 1.82) is 0 Å². The highest BCUT2D eigenvalue weighted by Crippen LogP contribution is 2.32. The van der Waals surface area contributed by atoms with Gasteiger partial charge in [0.25, 0.3) is 0 Å². The molecule has 1 fully saturated rings. The van der Waals surface area contributed by atoms with Crippen LogP contribution in [0.25, 0.3) is 11.3 Å². The van der Waals surface area contributed by atoms with Gasteiger partial charge in [-0.05, 0) is 88.7 Å². The van der Waals surface area contributed by atoms with Gasteiger partial charge >= 0.3 is 0 Å². The molecule has 0 bridgehead atoms. The maximum atomic E-state index is 13.5. The second-order valence-electron chi connectivity index (χ2n) is 9.67. The van der Waals surface area contributed by atoms with E-state index in [9.17, 15) is 23.2 Å². The zero-order chi connectivity index (χ0) is 26.1. The van der Waals surface area contributed by atoms with Crippen molar-refractivity contribution in [2.24, 2.45) is 0 Å². The molecule has 3 aromatic rings. The van der Waals surface area contributed by atoms with E-state index in [4.69, 9.17) is 0 Å². The third kappa shape index (κ3) is 5.42. The van der Waals surface area contributed by atoms with E-state index in [0.29, 0.717) is 22.7 Å². The predicted molar refractivity (Wildman–Crippen MR) is 134 cm³/mol. The molecule has 36 heavy (non-hydrogen) atoms. The number of hydrogen-bond donors (Lipinski definition) is 2. The lowest BCUT2D eigenvalue weighted by molar-refractivity contribution is -0.133.